The van der Waals surface area contributed by atoms with Crippen LogP contribution in [0.4, 0.5) is 0 Å². The quantitative estimate of drug-likeness (QED) is 0.729. The van der Waals surface area contributed by atoms with Gasteiger partial charge in [-0.15, -0.1) is 0 Å². The Morgan fingerprint density at radius 2 is 1.81 bits per heavy atom. The summed E-state index contributed by atoms with van der Waals surface area (Å²) in [5.41, 5.74) is 4.81. The number of ketones is 2. The van der Waals surface area contributed by atoms with Gasteiger partial charge >= 0.3 is 0 Å². The molecule has 0 spiro atoms. The number of rotatable bonds is 1. The predicted molar refractivity (Wildman–Crippen MR) is 84.4 cm³/mol. The molecule has 21 heavy (non-hydrogen) atoms. The van der Waals surface area contributed by atoms with Crippen LogP contribution in [0.3, 0.4) is 0 Å². The molecule has 1 aromatic rings. The third-order valence-corrected chi connectivity index (χ3v) is 4.80. The summed E-state index contributed by atoms with van der Waals surface area (Å²) >= 11 is 0. The van der Waals surface area contributed by atoms with Crippen molar-refractivity contribution in [2.24, 2.45) is 11.3 Å². The molecule has 3 rings (SSSR count). The minimum Gasteiger partial charge on any atom is -0.285 e. The Morgan fingerprint density at radius 1 is 1.10 bits per heavy atom. The van der Waals surface area contributed by atoms with Gasteiger partial charge in [0, 0.05) is 11.1 Å². The van der Waals surface area contributed by atoms with E-state index in [2.05, 4.69) is 19.9 Å². The number of aryl methyl sites for hydroxylation is 1. The molecule has 0 fully saturated rings. The maximum absolute atomic E-state index is 12.6. The molecule has 0 aromatic heterocycles. The molecular formula is C19H22O2. The van der Waals surface area contributed by atoms with Crippen LogP contribution in [0, 0.1) is 11.3 Å². The standard InChI is InChI=1S/C19H22O2/c1-11(2)14-9-13-6-5-12-7-8-19(3,4)10-15(12)16(13)18(21)17(14)20/h5-6,9,11H,7-8,10H2,1-4H3. The van der Waals surface area contributed by atoms with E-state index in [9.17, 15) is 9.59 Å². The molecule has 0 amide bonds. The van der Waals surface area contributed by atoms with Crippen LogP contribution < -0.4 is 0 Å². The number of carbonyl (C=O) groups is 2. The van der Waals surface area contributed by atoms with Crippen LogP contribution in [0.25, 0.3) is 6.08 Å². The second-order valence-electron chi connectivity index (χ2n) is 7.42. The van der Waals surface area contributed by atoms with Crippen LogP contribution in [-0.2, 0) is 17.6 Å². The maximum Gasteiger partial charge on any atom is 0.234 e. The van der Waals surface area contributed by atoms with E-state index in [0.717, 1.165) is 30.4 Å². The third kappa shape index (κ3) is 2.27. The van der Waals surface area contributed by atoms with Crippen LogP contribution >= 0.6 is 0 Å². The molecule has 0 heterocycles. The van der Waals surface area contributed by atoms with Crippen molar-refractivity contribution in [2.45, 2.75) is 47.0 Å². The highest BCUT2D eigenvalue weighted by molar-refractivity contribution is 6.52. The zero-order valence-electron chi connectivity index (χ0n) is 13.2. The van der Waals surface area contributed by atoms with Gasteiger partial charge in [-0.25, -0.2) is 0 Å². The highest BCUT2D eigenvalue weighted by Gasteiger charge is 2.35. The van der Waals surface area contributed by atoms with Crippen LogP contribution in [0.1, 0.15) is 61.2 Å². The summed E-state index contributed by atoms with van der Waals surface area (Å²) in [6.07, 6.45) is 4.94. The molecule has 0 aliphatic heterocycles. The van der Waals surface area contributed by atoms with Crippen molar-refractivity contribution in [3.63, 3.8) is 0 Å². The smallest absolute Gasteiger partial charge is 0.234 e. The van der Waals surface area contributed by atoms with E-state index < -0.39 is 0 Å². The monoisotopic (exact) mass is 282 g/mol. The Labute approximate surface area is 126 Å². The van der Waals surface area contributed by atoms with Gasteiger partial charge in [0.05, 0.1) is 0 Å². The summed E-state index contributed by atoms with van der Waals surface area (Å²) in [5.74, 6) is -0.526. The first-order chi connectivity index (χ1) is 9.80. The lowest BCUT2D eigenvalue weighted by Crippen LogP contribution is -2.30. The Balaban J connectivity index is 2.21. The van der Waals surface area contributed by atoms with Gasteiger partial charge < -0.3 is 0 Å². The first kappa shape index (κ1) is 14.2. The molecule has 2 nitrogen and oxygen atoms in total. The molecule has 1 aromatic carbocycles. The van der Waals surface area contributed by atoms with E-state index in [1.54, 1.807) is 0 Å². The minimum absolute atomic E-state index is 0.0853. The van der Waals surface area contributed by atoms with Crippen LogP contribution in [-0.4, -0.2) is 11.6 Å². The molecule has 110 valence electrons. The highest BCUT2D eigenvalue weighted by atomic mass is 16.2. The number of hydrogen-bond donors (Lipinski definition) is 0. The number of carbonyl (C=O) groups excluding carboxylic acids is 2. The Hall–Kier alpha value is -1.70. The summed E-state index contributed by atoms with van der Waals surface area (Å²) in [5, 5.41) is 0. The summed E-state index contributed by atoms with van der Waals surface area (Å²) in [7, 11) is 0. The van der Waals surface area contributed by atoms with Crippen LogP contribution in [0.2, 0.25) is 0 Å². The number of fused-ring (bicyclic) bond motifs is 3. The summed E-state index contributed by atoms with van der Waals surface area (Å²) in [6, 6.07) is 4.15. The van der Waals surface area contributed by atoms with E-state index in [-0.39, 0.29) is 22.9 Å². The first-order valence-corrected chi connectivity index (χ1v) is 7.75. The van der Waals surface area contributed by atoms with E-state index in [1.807, 2.05) is 26.0 Å². The summed E-state index contributed by atoms with van der Waals surface area (Å²) in [6.45, 7) is 8.40. The van der Waals surface area contributed by atoms with Crippen molar-refractivity contribution in [1.29, 1.82) is 0 Å². The van der Waals surface area contributed by atoms with Gasteiger partial charge in [0.15, 0.2) is 0 Å². The molecule has 2 aliphatic rings. The molecule has 0 N–H and O–H groups in total. The number of benzene rings is 1. The fourth-order valence-corrected chi connectivity index (χ4v) is 3.48. The first-order valence-electron chi connectivity index (χ1n) is 7.75. The highest BCUT2D eigenvalue weighted by Crippen LogP contribution is 2.39. The lowest BCUT2D eigenvalue weighted by atomic mass is 9.70. The Kier molecular flexibility index (Phi) is 3.16. The molecule has 0 radical (unpaired) electrons. The Morgan fingerprint density at radius 3 is 2.48 bits per heavy atom. The van der Waals surface area contributed by atoms with Crippen molar-refractivity contribution in [2.75, 3.05) is 0 Å². The summed E-state index contributed by atoms with van der Waals surface area (Å²) in [4.78, 5) is 25.0. The van der Waals surface area contributed by atoms with Gasteiger partial charge in [-0.2, -0.15) is 0 Å². The predicted octanol–water partition coefficient (Wildman–Crippen LogP) is 4.01. The molecular weight excluding hydrogens is 260 g/mol. The number of allylic oxidation sites excluding steroid dienone is 1. The zero-order chi connectivity index (χ0) is 15.4. The lowest BCUT2D eigenvalue weighted by Gasteiger charge is -2.33. The van der Waals surface area contributed by atoms with Gasteiger partial charge in [0.2, 0.25) is 11.6 Å². The third-order valence-electron chi connectivity index (χ3n) is 4.80. The Bertz CT molecular complexity index is 675. The van der Waals surface area contributed by atoms with Crippen molar-refractivity contribution in [3.8, 4) is 0 Å². The number of Topliss-reactive ketones (excluding diaryl/α,β-unsaturated/α-hetero) is 2. The molecule has 2 heteroatoms. The van der Waals surface area contributed by atoms with Crippen LogP contribution in [0.5, 0.6) is 0 Å². The van der Waals surface area contributed by atoms with E-state index in [4.69, 9.17) is 0 Å². The average Bonchev–Trinajstić information content (AvgIpc) is 2.40. The van der Waals surface area contributed by atoms with Crippen LogP contribution in [0.15, 0.2) is 17.7 Å². The average molecular weight is 282 g/mol. The molecule has 0 atom stereocenters. The second-order valence-corrected chi connectivity index (χ2v) is 7.42. The van der Waals surface area contributed by atoms with Crippen molar-refractivity contribution < 1.29 is 9.59 Å². The van der Waals surface area contributed by atoms with Crippen molar-refractivity contribution in [3.05, 3.63) is 40.0 Å². The van der Waals surface area contributed by atoms with Gasteiger partial charge in [0.25, 0.3) is 0 Å². The number of hydrogen-bond acceptors (Lipinski definition) is 2. The molecule has 0 unspecified atom stereocenters. The molecule has 2 aliphatic carbocycles. The largest absolute Gasteiger partial charge is 0.285 e. The van der Waals surface area contributed by atoms with Gasteiger partial charge in [-0.1, -0.05) is 39.8 Å². The van der Waals surface area contributed by atoms with Gasteiger partial charge in [0.1, 0.15) is 0 Å². The fourth-order valence-electron chi connectivity index (χ4n) is 3.48. The maximum atomic E-state index is 12.6. The second kappa shape index (κ2) is 4.66. The molecule has 0 saturated heterocycles. The topological polar surface area (TPSA) is 34.1 Å². The zero-order valence-corrected chi connectivity index (χ0v) is 13.2. The molecule has 0 bridgehead atoms. The molecule has 0 saturated carbocycles. The SMILES string of the molecule is CC(C)C1=Cc2ccc3c(c2C(=O)C1=O)CC(C)(C)CC3. The van der Waals surface area contributed by atoms with E-state index in [0.29, 0.717) is 11.1 Å². The van der Waals surface area contributed by atoms with Gasteiger partial charge in [-0.3, -0.25) is 9.59 Å². The van der Waals surface area contributed by atoms with E-state index >= 15 is 0 Å². The normalized spacial score (nSPS) is 20.1. The minimum atomic E-state index is -0.311. The van der Waals surface area contributed by atoms with Crippen molar-refractivity contribution in [1.82, 2.24) is 0 Å². The summed E-state index contributed by atoms with van der Waals surface area (Å²) < 4.78 is 0. The van der Waals surface area contributed by atoms with Crippen molar-refractivity contribution >= 4 is 17.6 Å². The van der Waals surface area contributed by atoms with Gasteiger partial charge in [-0.05, 0) is 53.4 Å². The van der Waals surface area contributed by atoms with E-state index in [1.165, 1.54) is 5.56 Å². The fraction of sp³-hybridized carbons (Fsp3) is 0.474. The lowest BCUT2D eigenvalue weighted by molar-refractivity contribution is -0.112.